The molecule has 0 aliphatic heterocycles. The van der Waals surface area contributed by atoms with Gasteiger partial charge in [0, 0.05) is 33.5 Å². The number of rotatable bonds is 5. The molecule has 3 aliphatic rings. The molecule has 264 valence electrons. The predicted molar refractivity (Wildman–Crippen MR) is 232 cm³/mol. The van der Waals surface area contributed by atoms with Gasteiger partial charge in [0.25, 0.3) is 0 Å². The number of anilines is 1. The van der Waals surface area contributed by atoms with E-state index in [-0.39, 0.29) is 11.5 Å². The minimum absolute atomic E-state index is 0.0347. The standard InChI is InChI=1S/C53H41NO/c1-53(2)48-16-7-5-13-45(48)47-33-41(28-30-49(47)53)54(40-26-20-36(21-27-40)43-15-9-11-35-10-3-4-12-42(35)43)39-24-18-34(19-25-39)37-22-29-44-38(32-37)23-31-51-52(44)46-14-6-8-17-50(46)55-51/h3-24,26-32,39,47H,25,33H2,1-2H3. The predicted octanol–water partition coefficient (Wildman–Crippen LogP) is 14.1. The summed E-state index contributed by atoms with van der Waals surface area (Å²) in [6, 6.07) is 53.4. The quantitative estimate of drug-likeness (QED) is 0.177. The van der Waals surface area contributed by atoms with E-state index in [0.717, 1.165) is 24.0 Å². The number of furan rings is 1. The second-order valence-electron chi connectivity index (χ2n) is 16.0. The molecule has 55 heavy (non-hydrogen) atoms. The summed E-state index contributed by atoms with van der Waals surface area (Å²) in [5.74, 6) is 0.388. The molecule has 2 atom stereocenters. The fraction of sp³-hybridized carbons (Fsp3) is 0.132. The molecule has 0 amide bonds. The second kappa shape index (κ2) is 12.3. The van der Waals surface area contributed by atoms with Crippen LogP contribution in [-0.2, 0) is 5.41 Å². The van der Waals surface area contributed by atoms with E-state index in [1.54, 1.807) is 0 Å². The fourth-order valence-corrected chi connectivity index (χ4v) is 9.91. The molecule has 0 bridgehead atoms. The van der Waals surface area contributed by atoms with Gasteiger partial charge in [-0.25, -0.2) is 0 Å². The Labute approximate surface area is 322 Å². The minimum atomic E-state index is 0.0347. The Morgan fingerprint density at radius 3 is 2.29 bits per heavy atom. The van der Waals surface area contributed by atoms with Gasteiger partial charge in [0.15, 0.2) is 0 Å². The molecule has 2 unspecified atom stereocenters. The molecule has 2 nitrogen and oxygen atoms in total. The van der Waals surface area contributed by atoms with Crippen molar-refractivity contribution >= 4 is 54.7 Å². The Kier molecular flexibility index (Phi) is 7.19. The lowest BCUT2D eigenvalue weighted by atomic mass is 9.78. The van der Waals surface area contributed by atoms with E-state index in [1.165, 1.54) is 82.7 Å². The highest BCUT2D eigenvalue weighted by atomic mass is 16.3. The van der Waals surface area contributed by atoms with E-state index < -0.39 is 0 Å². The van der Waals surface area contributed by atoms with Crippen LogP contribution < -0.4 is 4.90 Å². The van der Waals surface area contributed by atoms with Crippen molar-refractivity contribution in [3.63, 3.8) is 0 Å². The first-order chi connectivity index (χ1) is 27.0. The van der Waals surface area contributed by atoms with E-state index in [0.29, 0.717) is 5.92 Å². The van der Waals surface area contributed by atoms with Gasteiger partial charge in [0.1, 0.15) is 11.2 Å². The third-order valence-electron chi connectivity index (χ3n) is 12.6. The smallest absolute Gasteiger partial charge is 0.136 e. The number of benzene rings is 7. The maximum atomic E-state index is 6.19. The van der Waals surface area contributed by atoms with Gasteiger partial charge >= 0.3 is 0 Å². The molecule has 0 N–H and O–H groups in total. The molecule has 0 saturated carbocycles. The van der Waals surface area contributed by atoms with E-state index in [1.807, 2.05) is 6.07 Å². The summed E-state index contributed by atoms with van der Waals surface area (Å²) < 4.78 is 6.19. The number of hydrogen-bond acceptors (Lipinski definition) is 2. The van der Waals surface area contributed by atoms with Crippen molar-refractivity contribution in [2.24, 2.45) is 0 Å². The summed E-state index contributed by atoms with van der Waals surface area (Å²) in [4.78, 5) is 2.61. The van der Waals surface area contributed by atoms with Crippen molar-refractivity contribution in [3.05, 3.63) is 204 Å². The largest absolute Gasteiger partial charge is 0.456 e. The van der Waals surface area contributed by atoms with Crippen LogP contribution in [0.2, 0.25) is 0 Å². The average molecular weight is 708 g/mol. The lowest BCUT2D eigenvalue weighted by Crippen LogP contribution is -2.35. The van der Waals surface area contributed by atoms with Gasteiger partial charge in [-0.1, -0.05) is 159 Å². The van der Waals surface area contributed by atoms with Gasteiger partial charge in [-0.3, -0.25) is 0 Å². The highest BCUT2D eigenvalue weighted by Crippen LogP contribution is 2.54. The second-order valence-corrected chi connectivity index (χ2v) is 16.0. The highest BCUT2D eigenvalue weighted by molar-refractivity contribution is 6.19. The van der Waals surface area contributed by atoms with Crippen molar-refractivity contribution in [1.82, 2.24) is 0 Å². The number of nitrogens with zero attached hydrogens (tertiary/aromatic N) is 1. The topological polar surface area (TPSA) is 16.4 Å². The van der Waals surface area contributed by atoms with Gasteiger partial charge < -0.3 is 9.32 Å². The van der Waals surface area contributed by atoms with Crippen LogP contribution in [0.3, 0.4) is 0 Å². The number of allylic oxidation sites excluding steroid dienone is 6. The van der Waals surface area contributed by atoms with Crippen LogP contribution in [-0.4, -0.2) is 6.04 Å². The van der Waals surface area contributed by atoms with E-state index in [9.17, 15) is 0 Å². The molecule has 2 heteroatoms. The van der Waals surface area contributed by atoms with Crippen molar-refractivity contribution in [3.8, 4) is 11.1 Å². The summed E-state index contributed by atoms with van der Waals surface area (Å²) in [5.41, 5.74) is 14.0. The molecule has 0 fully saturated rings. The maximum absolute atomic E-state index is 6.19. The number of hydrogen-bond donors (Lipinski definition) is 0. The third kappa shape index (κ3) is 5.08. The average Bonchev–Trinajstić information content (AvgIpc) is 3.73. The van der Waals surface area contributed by atoms with Crippen molar-refractivity contribution in [2.75, 3.05) is 4.90 Å². The Morgan fingerprint density at radius 2 is 1.42 bits per heavy atom. The lowest BCUT2D eigenvalue weighted by Gasteiger charge is -2.38. The van der Waals surface area contributed by atoms with E-state index in [4.69, 9.17) is 4.42 Å². The first kappa shape index (κ1) is 32.1. The lowest BCUT2D eigenvalue weighted by molar-refractivity contribution is 0.597. The summed E-state index contributed by atoms with van der Waals surface area (Å²) in [6.07, 6.45) is 14.0. The van der Waals surface area contributed by atoms with Gasteiger partial charge in [-0.15, -0.1) is 0 Å². The van der Waals surface area contributed by atoms with Gasteiger partial charge in [-0.05, 0) is 104 Å². The first-order valence-corrected chi connectivity index (χ1v) is 19.6. The Hall–Kier alpha value is -6.38. The van der Waals surface area contributed by atoms with Crippen LogP contribution in [0.25, 0.3) is 60.2 Å². The van der Waals surface area contributed by atoms with Crippen LogP contribution >= 0.6 is 0 Å². The monoisotopic (exact) mass is 707 g/mol. The van der Waals surface area contributed by atoms with E-state index in [2.05, 4.69) is 189 Å². The third-order valence-corrected chi connectivity index (χ3v) is 12.6. The molecule has 11 rings (SSSR count). The summed E-state index contributed by atoms with van der Waals surface area (Å²) in [5, 5.41) is 7.39. The Balaban J connectivity index is 0.954. The van der Waals surface area contributed by atoms with Gasteiger partial charge in [0.2, 0.25) is 0 Å². The molecule has 7 aromatic carbocycles. The molecular weight excluding hydrogens is 667 g/mol. The molecule has 1 heterocycles. The molecular formula is C53H41NO. The summed E-state index contributed by atoms with van der Waals surface area (Å²) in [7, 11) is 0. The zero-order valence-corrected chi connectivity index (χ0v) is 31.2. The van der Waals surface area contributed by atoms with Crippen LogP contribution in [0.5, 0.6) is 0 Å². The van der Waals surface area contributed by atoms with Gasteiger partial charge in [-0.2, -0.15) is 0 Å². The molecule has 3 aliphatic carbocycles. The molecule has 0 saturated heterocycles. The Bertz CT molecular complexity index is 2960. The van der Waals surface area contributed by atoms with Crippen LogP contribution in [0.4, 0.5) is 5.69 Å². The molecule has 0 spiro atoms. The zero-order valence-electron chi connectivity index (χ0n) is 31.2. The van der Waals surface area contributed by atoms with Crippen LogP contribution in [0.15, 0.2) is 192 Å². The van der Waals surface area contributed by atoms with Gasteiger partial charge in [0.05, 0.1) is 6.04 Å². The highest BCUT2D eigenvalue weighted by Gasteiger charge is 2.43. The van der Waals surface area contributed by atoms with Crippen molar-refractivity contribution < 1.29 is 4.42 Å². The molecule has 0 radical (unpaired) electrons. The summed E-state index contributed by atoms with van der Waals surface area (Å²) in [6.45, 7) is 4.78. The minimum Gasteiger partial charge on any atom is -0.456 e. The number of para-hydroxylation sites is 1. The van der Waals surface area contributed by atoms with E-state index >= 15 is 0 Å². The summed E-state index contributed by atoms with van der Waals surface area (Å²) >= 11 is 0. The zero-order chi connectivity index (χ0) is 36.7. The Morgan fingerprint density at radius 1 is 0.636 bits per heavy atom. The van der Waals surface area contributed by atoms with Crippen LogP contribution in [0.1, 0.15) is 49.3 Å². The SMILES string of the molecule is CC1(C)C2=CC=C(N(c3ccc(-c4cccc5ccccc45)cc3)C3C=CC(c4ccc5c(ccc6oc7ccccc7c65)c4)=CC3)CC2c2ccccc21. The molecule has 1 aromatic heterocycles. The normalized spacial score (nSPS) is 18.6. The first-order valence-electron chi connectivity index (χ1n) is 19.6. The number of fused-ring (bicyclic) bond motifs is 9. The molecule has 8 aromatic rings. The van der Waals surface area contributed by atoms with Crippen molar-refractivity contribution in [2.45, 2.75) is 44.1 Å². The maximum Gasteiger partial charge on any atom is 0.136 e. The van der Waals surface area contributed by atoms with Crippen LogP contribution in [0, 0.1) is 0 Å². The fourth-order valence-electron chi connectivity index (χ4n) is 9.91. The van der Waals surface area contributed by atoms with Crippen molar-refractivity contribution in [1.29, 1.82) is 0 Å².